The maximum atomic E-state index is 12.0. The second-order valence-corrected chi connectivity index (χ2v) is 8.93. The molecule has 8 nitrogen and oxygen atoms in total. The zero-order chi connectivity index (χ0) is 23.0. The van der Waals surface area contributed by atoms with Gasteiger partial charge in [-0.1, -0.05) is 18.2 Å². The molecule has 0 heterocycles. The van der Waals surface area contributed by atoms with Crippen LogP contribution >= 0.6 is 0 Å². The number of benzene rings is 2. The number of methoxy groups -OCH3 is 2. The highest BCUT2D eigenvalue weighted by Crippen LogP contribution is 2.21. The van der Waals surface area contributed by atoms with Crippen LogP contribution in [0.3, 0.4) is 0 Å². The SMILES string of the molecule is CCNC(=NCc1ccc(S(C)(=O)=O)c(C)c1)NCc1ccc(OC)c(C(=O)OC)c1. The maximum Gasteiger partial charge on any atom is 0.341 e. The van der Waals surface area contributed by atoms with Gasteiger partial charge >= 0.3 is 5.97 Å². The summed E-state index contributed by atoms with van der Waals surface area (Å²) >= 11 is 0. The summed E-state index contributed by atoms with van der Waals surface area (Å²) in [6, 6.07) is 10.5. The van der Waals surface area contributed by atoms with E-state index in [0.29, 0.717) is 47.4 Å². The molecule has 0 unspecified atom stereocenters. The van der Waals surface area contributed by atoms with Gasteiger partial charge in [0, 0.05) is 19.3 Å². The van der Waals surface area contributed by atoms with Crippen molar-refractivity contribution in [1.29, 1.82) is 0 Å². The van der Waals surface area contributed by atoms with Crippen molar-refractivity contribution in [2.24, 2.45) is 4.99 Å². The number of aryl methyl sites for hydroxylation is 1. The van der Waals surface area contributed by atoms with Crippen LogP contribution in [0.25, 0.3) is 0 Å². The monoisotopic (exact) mass is 447 g/mol. The van der Waals surface area contributed by atoms with E-state index in [2.05, 4.69) is 15.6 Å². The van der Waals surface area contributed by atoms with Crippen molar-refractivity contribution in [3.63, 3.8) is 0 Å². The molecule has 0 fully saturated rings. The van der Waals surface area contributed by atoms with Gasteiger partial charge in [0.25, 0.3) is 0 Å². The molecule has 0 aliphatic heterocycles. The number of nitrogens with zero attached hydrogens (tertiary/aromatic N) is 1. The van der Waals surface area contributed by atoms with Gasteiger partial charge in [-0.2, -0.15) is 0 Å². The number of carbonyl (C=O) groups is 1. The Balaban J connectivity index is 2.14. The lowest BCUT2D eigenvalue weighted by molar-refractivity contribution is 0.0597. The van der Waals surface area contributed by atoms with Gasteiger partial charge in [-0.05, 0) is 48.7 Å². The molecule has 0 radical (unpaired) electrons. The van der Waals surface area contributed by atoms with Crippen molar-refractivity contribution in [3.05, 3.63) is 58.7 Å². The van der Waals surface area contributed by atoms with Crippen LogP contribution in [-0.4, -0.2) is 47.4 Å². The van der Waals surface area contributed by atoms with Gasteiger partial charge in [0.1, 0.15) is 11.3 Å². The van der Waals surface area contributed by atoms with Gasteiger partial charge in [0.2, 0.25) is 0 Å². The lowest BCUT2D eigenvalue weighted by atomic mass is 10.1. The summed E-state index contributed by atoms with van der Waals surface area (Å²) in [6.45, 7) is 5.23. The molecule has 2 aromatic rings. The number of hydrogen-bond acceptors (Lipinski definition) is 6. The normalized spacial score (nSPS) is 11.7. The summed E-state index contributed by atoms with van der Waals surface area (Å²) < 4.78 is 33.6. The summed E-state index contributed by atoms with van der Waals surface area (Å²) in [5.41, 5.74) is 2.81. The topological polar surface area (TPSA) is 106 Å². The van der Waals surface area contributed by atoms with Crippen LogP contribution in [0.15, 0.2) is 46.3 Å². The van der Waals surface area contributed by atoms with Crippen molar-refractivity contribution in [2.75, 3.05) is 27.0 Å². The van der Waals surface area contributed by atoms with Crippen LogP contribution in [-0.2, 0) is 27.7 Å². The largest absolute Gasteiger partial charge is 0.496 e. The first-order valence-corrected chi connectivity index (χ1v) is 11.7. The lowest BCUT2D eigenvalue weighted by Gasteiger charge is -2.13. The van der Waals surface area contributed by atoms with E-state index in [4.69, 9.17) is 9.47 Å². The zero-order valence-corrected chi connectivity index (χ0v) is 19.3. The van der Waals surface area contributed by atoms with Crippen molar-refractivity contribution < 1.29 is 22.7 Å². The number of hydrogen-bond donors (Lipinski definition) is 2. The molecule has 2 rings (SSSR count). The number of nitrogens with one attached hydrogen (secondary N) is 2. The maximum absolute atomic E-state index is 12.0. The van der Waals surface area contributed by atoms with E-state index in [1.54, 1.807) is 31.2 Å². The highest BCUT2D eigenvalue weighted by atomic mass is 32.2. The van der Waals surface area contributed by atoms with E-state index in [-0.39, 0.29) is 0 Å². The quantitative estimate of drug-likeness (QED) is 0.364. The fourth-order valence-electron chi connectivity index (χ4n) is 3.06. The van der Waals surface area contributed by atoms with E-state index in [0.717, 1.165) is 11.1 Å². The van der Waals surface area contributed by atoms with Gasteiger partial charge in [0.15, 0.2) is 15.8 Å². The Labute approximate surface area is 183 Å². The predicted octanol–water partition coefficient (Wildman–Crippen LogP) is 2.45. The molecule has 0 aromatic heterocycles. The molecule has 2 aromatic carbocycles. The highest BCUT2D eigenvalue weighted by molar-refractivity contribution is 7.90. The third-order valence-electron chi connectivity index (χ3n) is 4.53. The van der Waals surface area contributed by atoms with Crippen molar-refractivity contribution >= 4 is 21.8 Å². The first-order chi connectivity index (χ1) is 14.7. The summed E-state index contributed by atoms with van der Waals surface area (Å²) in [5.74, 6) is 0.582. The molecular weight excluding hydrogens is 418 g/mol. The predicted molar refractivity (Wildman–Crippen MR) is 120 cm³/mol. The second kappa shape index (κ2) is 10.8. The highest BCUT2D eigenvalue weighted by Gasteiger charge is 2.14. The third-order valence-corrected chi connectivity index (χ3v) is 5.79. The standard InChI is InChI=1S/C22H29N3O5S/c1-6-23-22(24-13-16-8-10-20(15(2)11-16)31(5,27)28)25-14-17-7-9-19(29-3)18(12-17)21(26)30-4/h7-12H,6,13-14H2,1-5H3,(H2,23,24,25). The number of aliphatic imine (C=N–C) groups is 1. The zero-order valence-electron chi connectivity index (χ0n) is 18.5. The summed E-state index contributed by atoms with van der Waals surface area (Å²) in [4.78, 5) is 16.9. The van der Waals surface area contributed by atoms with Crippen LogP contribution in [0.4, 0.5) is 0 Å². The van der Waals surface area contributed by atoms with E-state index < -0.39 is 15.8 Å². The first kappa shape index (κ1) is 24.2. The number of guanidine groups is 1. The lowest BCUT2D eigenvalue weighted by Crippen LogP contribution is -2.36. The minimum atomic E-state index is -3.25. The minimum absolute atomic E-state index is 0.325. The van der Waals surface area contributed by atoms with E-state index >= 15 is 0 Å². The molecule has 0 saturated heterocycles. The van der Waals surface area contributed by atoms with Crippen molar-refractivity contribution in [1.82, 2.24) is 10.6 Å². The van der Waals surface area contributed by atoms with E-state index in [1.807, 2.05) is 19.1 Å². The molecule has 168 valence electrons. The third kappa shape index (κ3) is 6.71. The average molecular weight is 448 g/mol. The molecule has 0 atom stereocenters. The Kier molecular flexibility index (Phi) is 8.44. The Bertz CT molecular complexity index is 1060. The smallest absolute Gasteiger partial charge is 0.341 e. The fraction of sp³-hybridized carbons (Fsp3) is 0.364. The summed E-state index contributed by atoms with van der Waals surface area (Å²) in [7, 11) is -0.423. The van der Waals surface area contributed by atoms with Gasteiger partial charge in [-0.15, -0.1) is 0 Å². The van der Waals surface area contributed by atoms with Crippen molar-refractivity contribution in [3.8, 4) is 5.75 Å². The number of carbonyl (C=O) groups excluding carboxylic acids is 1. The summed E-state index contributed by atoms with van der Waals surface area (Å²) in [5, 5.41) is 6.40. The number of rotatable bonds is 8. The molecule has 0 amide bonds. The van der Waals surface area contributed by atoms with Crippen LogP contribution in [0.2, 0.25) is 0 Å². The number of sulfone groups is 1. The number of esters is 1. The molecule has 0 spiro atoms. The van der Waals surface area contributed by atoms with Gasteiger partial charge in [-0.3, -0.25) is 0 Å². The van der Waals surface area contributed by atoms with Crippen LogP contribution in [0, 0.1) is 6.92 Å². The summed E-state index contributed by atoms with van der Waals surface area (Å²) in [6.07, 6.45) is 1.20. The molecule has 9 heteroatoms. The molecule has 0 bridgehead atoms. The molecule has 31 heavy (non-hydrogen) atoms. The van der Waals surface area contributed by atoms with E-state index in [1.165, 1.54) is 20.5 Å². The molecule has 2 N–H and O–H groups in total. The molecular formula is C22H29N3O5S. The van der Waals surface area contributed by atoms with E-state index in [9.17, 15) is 13.2 Å². The van der Waals surface area contributed by atoms with Gasteiger partial charge in [0.05, 0.1) is 25.7 Å². The second-order valence-electron chi connectivity index (χ2n) is 6.95. The number of ether oxygens (including phenoxy) is 2. The van der Waals surface area contributed by atoms with Gasteiger partial charge < -0.3 is 20.1 Å². The van der Waals surface area contributed by atoms with Crippen molar-refractivity contribution in [2.45, 2.75) is 31.8 Å². The van der Waals surface area contributed by atoms with Crippen LogP contribution < -0.4 is 15.4 Å². The molecule has 0 aliphatic carbocycles. The minimum Gasteiger partial charge on any atom is -0.496 e. The fourth-order valence-corrected chi connectivity index (χ4v) is 4.02. The van der Waals surface area contributed by atoms with Gasteiger partial charge in [-0.25, -0.2) is 18.2 Å². The van der Waals surface area contributed by atoms with Crippen LogP contribution in [0.1, 0.15) is 34.0 Å². The Hall–Kier alpha value is -3.07. The average Bonchev–Trinajstić information content (AvgIpc) is 2.74. The Morgan fingerprint density at radius 3 is 2.35 bits per heavy atom. The Morgan fingerprint density at radius 2 is 1.77 bits per heavy atom. The molecule has 0 saturated carbocycles. The Morgan fingerprint density at radius 1 is 1.06 bits per heavy atom. The first-order valence-electron chi connectivity index (χ1n) is 9.76. The molecule has 0 aliphatic rings. The van der Waals surface area contributed by atoms with Crippen LogP contribution in [0.5, 0.6) is 5.75 Å².